The van der Waals surface area contributed by atoms with Gasteiger partial charge in [-0.25, -0.2) is 23.5 Å². The van der Waals surface area contributed by atoms with Crippen molar-refractivity contribution in [1.82, 2.24) is 14.9 Å². The molecule has 126 valence electrons. The number of hydrogen-bond donors (Lipinski definition) is 1. The largest absolute Gasteiger partial charge is 0.460 e. The van der Waals surface area contributed by atoms with E-state index >= 15 is 0 Å². The second-order valence-corrected chi connectivity index (χ2v) is 5.43. The fourth-order valence-electron chi connectivity index (χ4n) is 2.42. The summed E-state index contributed by atoms with van der Waals surface area (Å²) in [7, 11) is 0. The molecule has 2 amide bonds. The number of ether oxygens (including phenoxy) is 1. The van der Waals surface area contributed by atoms with Crippen LogP contribution in [0.15, 0.2) is 36.7 Å². The van der Waals surface area contributed by atoms with E-state index in [1.165, 1.54) is 24.3 Å². The smallest absolute Gasteiger partial charge is 0.321 e. The number of benzene rings is 1. The summed E-state index contributed by atoms with van der Waals surface area (Å²) in [6, 6.07) is 5.49. The third-order valence-electron chi connectivity index (χ3n) is 3.69. The molecule has 1 aromatic heterocycles. The van der Waals surface area contributed by atoms with Gasteiger partial charge in [0, 0.05) is 31.6 Å². The molecule has 8 heteroatoms. The quantitative estimate of drug-likeness (QED) is 0.937. The highest BCUT2D eigenvalue weighted by atomic mass is 19.1. The topological polar surface area (TPSA) is 67.4 Å². The SMILES string of the molecule is O=C(Nc1ccc(F)cc1)N1CCC(Oc2ncc(F)cn2)CC1. The molecule has 1 aliphatic heterocycles. The number of nitrogens with one attached hydrogen (secondary N) is 1. The van der Waals surface area contributed by atoms with Crippen LogP contribution in [0.2, 0.25) is 0 Å². The first kappa shape index (κ1) is 16.1. The third kappa shape index (κ3) is 4.15. The Kier molecular flexibility index (Phi) is 4.83. The normalized spacial score (nSPS) is 15.2. The first-order chi connectivity index (χ1) is 11.6. The van der Waals surface area contributed by atoms with Gasteiger partial charge in [0.2, 0.25) is 0 Å². The van der Waals surface area contributed by atoms with Crippen LogP contribution >= 0.6 is 0 Å². The molecule has 1 aromatic carbocycles. The maximum atomic E-state index is 12.9. The Morgan fingerprint density at radius 2 is 1.71 bits per heavy atom. The second kappa shape index (κ2) is 7.20. The highest BCUT2D eigenvalue weighted by Gasteiger charge is 2.24. The molecule has 1 saturated heterocycles. The Labute approximate surface area is 137 Å². The van der Waals surface area contributed by atoms with Crippen LogP contribution < -0.4 is 10.1 Å². The standard InChI is InChI=1S/C16H16F2N4O2/c17-11-1-3-13(4-2-11)21-16(23)22-7-5-14(6-8-22)24-15-19-9-12(18)10-20-15/h1-4,9-10,14H,5-8H2,(H,21,23). The Hall–Kier alpha value is -2.77. The summed E-state index contributed by atoms with van der Waals surface area (Å²) >= 11 is 0. The Bertz CT molecular complexity index is 686. The van der Waals surface area contributed by atoms with Crippen LogP contribution in [0.25, 0.3) is 0 Å². The van der Waals surface area contributed by atoms with Gasteiger partial charge < -0.3 is 15.0 Å². The number of aromatic nitrogens is 2. The lowest BCUT2D eigenvalue weighted by molar-refractivity contribution is 0.107. The minimum absolute atomic E-state index is 0.120. The molecule has 6 nitrogen and oxygen atoms in total. The van der Waals surface area contributed by atoms with Crippen molar-refractivity contribution in [1.29, 1.82) is 0 Å². The lowest BCUT2D eigenvalue weighted by Crippen LogP contribution is -2.43. The van der Waals surface area contributed by atoms with Crippen LogP contribution in [-0.4, -0.2) is 40.1 Å². The van der Waals surface area contributed by atoms with Crippen molar-refractivity contribution in [2.24, 2.45) is 0 Å². The van der Waals surface area contributed by atoms with Crippen molar-refractivity contribution in [3.05, 3.63) is 48.3 Å². The van der Waals surface area contributed by atoms with Gasteiger partial charge >= 0.3 is 12.0 Å². The summed E-state index contributed by atoms with van der Waals surface area (Å²) in [5.74, 6) is -0.872. The van der Waals surface area contributed by atoms with Crippen molar-refractivity contribution in [3.63, 3.8) is 0 Å². The van der Waals surface area contributed by atoms with E-state index in [0.29, 0.717) is 31.6 Å². The van der Waals surface area contributed by atoms with Crippen LogP contribution in [0.1, 0.15) is 12.8 Å². The Morgan fingerprint density at radius 3 is 2.33 bits per heavy atom. The van der Waals surface area contributed by atoms with Crippen LogP contribution in [0, 0.1) is 11.6 Å². The van der Waals surface area contributed by atoms with Gasteiger partial charge in [-0.15, -0.1) is 0 Å². The summed E-state index contributed by atoms with van der Waals surface area (Å²) in [5.41, 5.74) is 0.541. The van der Waals surface area contributed by atoms with Gasteiger partial charge in [0.25, 0.3) is 0 Å². The molecule has 2 heterocycles. The van der Waals surface area contributed by atoms with Crippen LogP contribution in [0.3, 0.4) is 0 Å². The highest BCUT2D eigenvalue weighted by Crippen LogP contribution is 2.17. The summed E-state index contributed by atoms with van der Waals surface area (Å²) in [5, 5.41) is 2.72. The number of carbonyl (C=O) groups is 1. The molecule has 0 unspecified atom stereocenters. The summed E-state index contributed by atoms with van der Waals surface area (Å²) in [6.07, 6.45) is 3.22. The minimum atomic E-state index is -0.519. The Morgan fingerprint density at radius 1 is 1.08 bits per heavy atom. The maximum absolute atomic E-state index is 12.9. The summed E-state index contributed by atoms with van der Waals surface area (Å²) in [4.78, 5) is 21.3. The predicted molar refractivity (Wildman–Crippen MR) is 82.6 cm³/mol. The molecule has 24 heavy (non-hydrogen) atoms. The molecule has 2 aromatic rings. The molecule has 0 aliphatic carbocycles. The monoisotopic (exact) mass is 334 g/mol. The van der Waals surface area contributed by atoms with Gasteiger partial charge in [0.15, 0.2) is 5.82 Å². The number of likely N-dealkylation sites (tertiary alicyclic amines) is 1. The number of hydrogen-bond acceptors (Lipinski definition) is 4. The highest BCUT2D eigenvalue weighted by molar-refractivity contribution is 5.89. The first-order valence-electron chi connectivity index (χ1n) is 7.56. The fourth-order valence-corrected chi connectivity index (χ4v) is 2.42. The van der Waals surface area contributed by atoms with E-state index < -0.39 is 5.82 Å². The van der Waals surface area contributed by atoms with Crippen LogP contribution in [-0.2, 0) is 0 Å². The third-order valence-corrected chi connectivity index (χ3v) is 3.69. The summed E-state index contributed by atoms with van der Waals surface area (Å²) in [6.45, 7) is 1.03. The lowest BCUT2D eigenvalue weighted by Gasteiger charge is -2.31. The van der Waals surface area contributed by atoms with Gasteiger partial charge in [-0.3, -0.25) is 0 Å². The van der Waals surface area contributed by atoms with Crippen molar-refractivity contribution in [2.75, 3.05) is 18.4 Å². The molecule has 0 spiro atoms. The molecule has 1 aliphatic rings. The van der Waals surface area contributed by atoms with Gasteiger partial charge in [-0.1, -0.05) is 0 Å². The number of halogens is 2. The fraction of sp³-hybridized carbons (Fsp3) is 0.312. The zero-order valence-corrected chi connectivity index (χ0v) is 12.8. The molecule has 0 saturated carbocycles. The van der Waals surface area contributed by atoms with E-state index in [1.54, 1.807) is 4.90 Å². The van der Waals surface area contributed by atoms with Gasteiger partial charge in [-0.2, -0.15) is 0 Å². The molecule has 0 bridgehead atoms. The predicted octanol–water partition coefficient (Wildman–Crippen LogP) is 2.83. The molecule has 0 atom stereocenters. The molecule has 0 radical (unpaired) electrons. The van der Waals surface area contributed by atoms with Crippen molar-refractivity contribution in [3.8, 4) is 6.01 Å². The van der Waals surface area contributed by atoms with Gasteiger partial charge in [0.05, 0.1) is 12.4 Å². The lowest BCUT2D eigenvalue weighted by atomic mass is 10.1. The number of amides is 2. The molecule has 3 rings (SSSR count). The molecule has 1 fully saturated rings. The maximum Gasteiger partial charge on any atom is 0.321 e. The first-order valence-corrected chi connectivity index (χ1v) is 7.56. The number of carbonyl (C=O) groups excluding carboxylic acids is 1. The summed E-state index contributed by atoms with van der Waals surface area (Å²) < 4.78 is 31.2. The van der Waals surface area contributed by atoms with E-state index in [1.807, 2.05) is 0 Å². The number of anilines is 1. The van der Waals surface area contributed by atoms with Crippen LogP contribution in [0.5, 0.6) is 6.01 Å². The van der Waals surface area contributed by atoms with E-state index in [2.05, 4.69) is 15.3 Å². The number of urea groups is 1. The zero-order valence-electron chi connectivity index (χ0n) is 12.8. The zero-order chi connectivity index (χ0) is 16.9. The van der Waals surface area contributed by atoms with Crippen molar-refractivity contribution >= 4 is 11.7 Å². The average Bonchev–Trinajstić information content (AvgIpc) is 2.59. The van der Waals surface area contributed by atoms with E-state index in [9.17, 15) is 13.6 Å². The van der Waals surface area contributed by atoms with Gasteiger partial charge in [0.1, 0.15) is 11.9 Å². The average molecular weight is 334 g/mol. The minimum Gasteiger partial charge on any atom is -0.460 e. The molecule has 1 N–H and O–H groups in total. The molecular formula is C16H16F2N4O2. The number of nitrogens with zero attached hydrogens (tertiary/aromatic N) is 3. The van der Waals surface area contributed by atoms with E-state index in [-0.39, 0.29) is 24.0 Å². The molecular weight excluding hydrogens is 318 g/mol. The van der Waals surface area contributed by atoms with Crippen molar-refractivity contribution < 1.29 is 18.3 Å². The number of piperidine rings is 1. The van der Waals surface area contributed by atoms with Crippen LogP contribution in [0.4, 0.5) is 19.3 Å². The second-order valence-electron chi connectivity index (χ2n) is 5.43. The van der Waals surface area contributed by atoms with E-state index in [4.69, 9.17) is 4.74 Å². The number of rotatable bonds is 3. The Balaban J connectivity index is 1.48. The van der Waals surface area contributed by atoms with E-state index in [0.717, 1.165) is 12.4 Å². The van der Waals surface area contributed by atoms with Crippen molar-refractivity contribution in [2.45, 2.75) is 18.9 Å². The van der Waals surface area contributed by atoms with Gasteiger partial charge in [-0.05, 0) is 24.3 Å².